The molecule has 1 heterocycles. The molecule has 1 aliphatic heterocycles. The third kappa shape index (κ3) is 3.95. The van der Waals surface area contributed by atoms with Gasteiger partial charge >= 0.3 is 6.03 Å². The number of hydrogen-bond acceptors (Lipinski definition) is 4. The molecule has 25 heavy (non-hydrogen) atoms. The van der Waals surface area contributed by atoms with Gasteiger partial charge in [0.2, 0.25) is 0 Å². The SMILES string of the molecule is CCCC1(C)NC(=O)N(CC(O)COc2c(C)ccc(C)c2C)C1=O. The Morgan fingerprint density at radius 3 is 2.52 bits per heavy atom. The molecule has 1 aromatic rings. The molecule has 1 aromatic carbocycles. The molecular formula is C19H28N2O4. The molecule has 1 fully saturated rings. The van der Waals surface area contributed by atoms with Crippen LogP contribution in [0.3, 0.4) is 0 Å². The number of urea groups is 1. The van der Waals surface area contributed by atoms with Crippen molar-refractivity contribution in [2.45, 2.75) is 59.1 Å². The second-order valence-corrected chi connectivity index (χ2v) is 7.05. The number of hydrogen-bond donors (Lipinski definition) is 2. The average Bonchev–Trinajstić information content (AvgIpc) is 2.75. The molecule has 0 bridgehead atoms. The third-order valence-electron chi connectivity index (χ3n) is 4.78. The van der Waals surface area contributed by atoms with Crippen LogP contribution in [-0.4, -0.2) is 46.7 Å². The summed E-state index contributed by atoms with van der Waals surface area (Å²) in [5.41, 5.74) is 2.24. The standard InChI is InChI=1S/C19H28N2O4/c1-6-9-19(5)17(23)21(18(24)20-19)10-15(22)11-25-16-13(3)8-7-12(2)14(16)4/h7-8,15,22H,6,9-11H2,1-5H3,(H,20,24). The highest BCUT2D eigenvalue weighted by atomic mass is 16.5. The van der Waals surface area contributed by atoms with Crippen molar-refractivity contribution in [3.63, 3.8) is 0 Å². The average molecular weight is 348 g/mol. The molecule has 0 aromatic heterocycles. The summed E-state index contributed by atoms with van der Waals surface area (Å²) in [5.74, 6) is 0.452. The van der Waals surface area contributed by atoms with Gasteiger partial charge in [0.05, 0.1) is 6.54 Å². The van der Waals surface area contributed by atoms with Crippen LogP contribution in [0.25, 0.3) is 0 Å². The van der Waals surface area contributed by atoms with Gasteiger partial charge in [-0.05, 0) is 50.8 Å². The lowest BCUT2D eigenvalue weighted by molar-refractivity contribution is -0.132. The zero-order valence-corrected chi connectivity index (χ0v) is 15.7. The molecule has 2 N–H and O–H groups in total. The number of ether oxygens (including phenoxy) is 1. The zero-order chi connectivity index (χ0) is 18.8. The summed E-state index contributed by atoms with van der Waals surface area (Å²) in [7, 11) is 0. The molecule has 2 rings (SSSR count). The van der Waals surface area contributed by atoms with Gasteiger partial charge in [0.15, 0.2) is 0 Å². The predicted octanol–water partition coefficient (Wildman–Crippen LogP) is 2.46. The fourth-order valence-corrected chi connectivity index (χ4v) is 3.17. The lowest BCUT2D eigenvalue weighted by atomic mass is 9.96. The van der Waals surface area contributed by atoms with Crippen molar-refractivity contribution in [2.24, 2.45) is 0 Å². The fraction of sp³-hybridized carbons (Fsp3) is 0.579. The van der Waals surface area contributed by atoms with E-state index >= 15 is 0 Å². The molecular weight excluding hydrogens is 320 g/mol. The molecule has 1 aliphatic rings. The third-order valence-corrected chi connectivity index (χ3v) is 4.78. The summed E-state index contributed by atoms with van der Waals surface area (Å²) in [6.07, 6.45) is 0.411. The lowest BCUT2D eigenvalue weighted by Gasteiger charge is -2.22. The van der Waals surface area contributed by atoms with Crippen LogP contribution in [0.1, 0.15) is 43.4 Å². The molecule has 6 heteroatoms. The van der Waals surface area contributed by atoms with Crippen molar-refractivity contribution in [1.29, 1.82) is 0 Å². The molecule has 2 atom stereocenters. The van der Waals surface area contributed by atoms with Gasteiger partial charge in [-0.15, -0.1) is 0 Å². The van der Waals surface area contributed by atoms with Gasteiger partial charge in [0.1, 0.15) is 24.0 Å². The van der Waals surface area contributed by atoms with Crippen molar-refractivity contribution in [3.05, 3.63) is 28.8 Å². The van der Waals surface area contributed by atoms with E-state index in [4.69, 9.17) is 4.74 Å². The number of nitrogens with zero attached hydrogens (tertiary/aromatic N) is 1. The van der Waals surface area contributed by atoms with Crippen molar-refractivity contribution < 1.29 is 19.4 Å². The number of amides is 3. The van der Waals surface area contributed by atoms with Gasteiger partial charge in [-0.1, -0.05) is 25.5 Å². The zero-order valence-electron chi connectivity index (χ0n) is 15.7. The summed E-state index contributed by atoms with van der Waals surface area (Å²) in [6.45, 7) is 9.54. The number of imide groups is 1. The Hall–Kier alpha value is -2.08. The van der Waals surface area contributed by atoms with Gasteiger partial charge in [-0.25, -0.2) is 4.79 Å². The number of nitrogens with one attached hydrogen (secondary N) is 1. The smallest absolute Gasteiger partial charge is 0.325 e. The van der Waals surface area contributed by atoms with E-state index in [0.717, 1.165) is 33.8 Å². The number of β-amino-alcohol motifs (C(OH)–C–C–N with tert-alkyl or cyclic N) is 1. The van der Waals surface area contributed by atoms with E-state index in [9.17, 15) is 14.7 Å². The molecule has 2 unspecified atom stereocenters. The summed E-state index contributed by atoms with van der Waals surface area (Å²) >= 11 is 0. The number of rotatable bonds is 7. The summed E-state index contributed by atoms with van der Waals surface area (Å²) < 4.78 is 5.77. The summed E-state index contributed by atoms with van der Waals surface area (Å²) in [6, 6.07) is 3.54. The second kappa shape index (κ2) is 7.44. The molecule has 1 saturated heterocycles. The van der Waals surface area contributed by atoms with Crippen molar-refractivity contribution in [1.82, 2.24) is 10.2 Å². The molecule has 0 spiro atoms. The summed E-state index contributed by atoms with van der Waals surface area (Å²) in [5, 5.41) is 13.0. The Morgan fingerprint density at radius 1 is 1.24 bits per heavy atom. The predicted molar refractivity (Wildman–Crippen MR) is 95.7 cm³/mol. The minimum atomic E-state index is -0.946. The quantitative estimate of drug-likeness (QED) is 0.742. The molecule has 3 amide bonds. The topological polar surface area (TPSA) is 78.9 Å². The monoisotopic (exact) mass is 348 g/mol. The first-order valence-electron chi connectivity index (χ1n) is 8.71. The summed E-state index contributed by atoms with van der Waals surface area (Å²) in [4.78, 5) is 25.6. The number of carbonyl (C=O) groups excluding carboxylic acids is 2. The van der Waals surface area contributed by atoms with E-state index in [-0.39, 0.29) is 19.1 Å². The van der Waals surface area contributed by atoms with E-state index in [2.05, 4.69) is 5.32 Å². The first kappa shape index (κ1) is 19.2. The molecule has 0 aliphatic carbocycles. The number of aliphatic hydroxyl groups is 1. The molecule has 6 nitrogen and oxygen atoms in total. The highest BCUT2D eigenvalue weighted by molar-refractivity contribution is 6.06. The first-order chi connectivity index (χ1) is 11.7. The maximum Gasteiger partial charge on any atom is 0.325 e. The maximum absolute atomic E-state index is 12.5. The van der Waals surface area contributed by atoms with Gasteiger partial charge in [0.25, 0.3) is 5.91 Å². The number of aliphatic hydroxyl groups excluding tert-OH is 1. The van der Waals surface area contributed by atoms with Crippen LogP contribution in [0, 0.1) is 20.8 Å². The maximum atomic E-state index is 12.5. The van der Waals surface area contributed by atoms with Crippen LogP contribution >= 0.6 is 0 Å². The van der Waals surface area contributed by atoms with Crippen molar-refractivity contribution >= 4 is 11.9 Å². The Labute approximate surface area is 149 Å². The Kier molecular flexibility index (Phi) is 5.72. The van der Waals surface area contributed by atoms with E-state index in [1.54, 1.807) is 6.92 Å². The van der Waals surface area contributed by atoms with Gasteiger partial charge in [0, 0.05) is 0 Å². The van der Waals surface area contributed by atoms with Crippen LogP contribution in [0.5, 0.6) is 5.75 Å². The van der Waals surface area contributed by atoms with Crippen molar-refractivity contribution in [3.8, 4) is 5.75 Å². The van der Waals surface area contributed by atoms with Gasteiger partial charge in [-0.3, -0.25) is 9.69 Å². The Bertz CT molecular complexity index is 674. The van der Waals surface area contributed by atoms with Crippen LogP contribution in [0.4, 0.5) is 4.79 Å². The Balaban J connectivity index is 1.99. The van der Waals surface area contributed by atoms with Crippen LogP contribution in [0.2, 0.25) is 0 Å². The molecule has 0 radical (unpaired) electrons. The van der Waals surface area contributed by atoms with Gasteiger partial charge < -0.3 is 15.2 Å². The van der Waals surface area contributed by atoms with E-state index < -0.39 is 17.7 Å². The van der Waals surface area contributed by atoms with E-state index in [0.29, 0.717) is 6.42 Å². The second-order valence-electron chi connectivity index (χ2n) is 7.05. The number of carbonyl (C=O) groups is 2. The van der Waals surface area contributed by atoms with Crippen LogP contribution < -0.4 is 10.1 Å². The molecule has 0 saturated carbocycles. The van der Waals surface area contributed by atoms with Gasteiger partial charge in [-0.2, -0.15) is 0 Å². The number of aryl methyl sites for hydroxylation is 2. The Morgan fingerprint density at radius 2 is 1.88 bits per heavy atom. The largest absolute Gasteiger partial charge is 0.490 e. The first-order valence-corrected chi connectivity index (χ1v) is 8.71. The van der Waals surface area contributed by atoms with Crippen LogP contribution in [0.15, 0.2) is 12.1 Å². The lowest BCUT2D eigenvalue weighted by Crippen LogP contribution is -2.44. The van der Waals surface area contributed by atoms with Crippen LogP contribution in [-0.2, 0) is 4.79 Å². The van der Waals surface area contributed by atoms with E-state index in [1.165, 1.54) is 0 Å². The normalized spacial score (nSPS) is 21.4. The fourth-order valence-electron chi connectivity index (χ4n) is 3.17. The molecule has 138 valence electrons. The van der Waals surface area contributed by atoms with Crippen molar-refractivity contribution in [2.75, 3.05) is 13.2 Å². The highest BCUT2D eigenvalue weighted by Gasteiger charge is 2.47. The highest BCUT2D eigenvalue weighted by Crippen LogP contribution is 2.26. The number of benzene rings is 1. The van der Waals surface area contributed by atoms with E-state index in [1.807, 2.05) is 39.8 Å². The minimum absolute atomic E-state index is 0.0205. The minimum Gasteiger partial charge on any atom is -0.490 e.